The number of nitrogens with zero attached hydrogens (tertiary/aromatic N) is 1. The largest absolute Gasteiger partial charge is 0.483 e. The van der Waals surface area contributed by atoms with Crippen LogP contribution in [0.5, 0.6) is 5.75 Å². The molecule has 1 atom stereocenters. The third-order valence-electron chi connectivity index (χ3n) is 5.72. The summed E-state index contributed by atoms with van der Waals surface area (Å²) < 4.78 is 11.3. The minimum absolute atomic E-state index is 0.117. The zero-order chi connectivity index (χ0) is 22.4. The molecule has 1 aliphatic rings. The molecule has 0 bridgehead atoms. The number of carbonyl (C=O) groups excluding carboxylic acids is 3. The summed E-state index contributed by atoms with van der Waals surface area (Å²) in [6.07, 6.45) is -0.628. The Bertz CT molecular complexity index is 1280. The van der Waals surface area contributed by atoms with Gasteiger partial charge in [-0.25, -0.2) is 4.79 Å². The summed E-state index contributed by atoms with van der Waals surface area (Å²) in [7, 11) is 0. The van der Waals surface area contributed by atoms with Gasteiger partial charge < -0.3 is 9.15 Å². The monoisotopic (exact) mass is 419 g/mol. The summed E-state index contributed by atoms with van der Waals surface area (Å²) >= 11 is 0. The van der Waals surface area contributed by atoms with Gasteiger partial charge in [-0.05, 0) is 57.5 Å². The number of hydrogen-bond donors (Lipinski definition) is 0. The minimum Gasteiger partial charge on any atom is -0.483 e. The van der Waals surface area contributed by atoms with Crippen molar-refractivity contribution in [1.29, 1.82) is 0 Å². The second-order valence-electron chi connectivity index (χ2n) is 7.67. The second-order valence-corrected chi connectivity index (χ2v) is 7.67. The average molecular weight is 419 g/mol. The van der Waals surface area contributed by atoms with Gasteiger partial charge in [0, 0.05) is 10.9 Å². The highest BCUT2D eigenvalue weighted by Crippen LogP contribution is 2.31. The van der Waals surface area contributed by atoms with E-state index in [2.05, 4.69) is 0 Å². The third kappa shape index (κ3) is 3.32. The van der Waals surface area contributed by atoms with Crippen molar-refractivity contribution in [2.75, 3.05) is 0 Å². The molecule has 4 rings (SSSR count). The number of benzene rings is 2. The van der Waals surface area contributed by atoms with Crippen molar-refractivity contribution >= 4 is 28.6 Å². The van der Waals surface area contributed by atoms with Gasteiger partial charge in [-0.2, -0.15) is 0 Å². The quantitative estimate of drug-likeness (QED) is 0.464. The van der Waals surface area contributed by atoms with Crippen molar-refractivity contribution in [3.8, 4) is 5.75 Å². The summed E-state index contributed by atoms with van der Waals surface area (Å²) in [6.45, 7) is 6.42. The van der Waals surface area contributed by atoms with Crippen LogP contribution in [0.25, 0.3) is 11.0 Å². The molecule has 0 radical (unpaired) electrons. The molecule has 1 unspecified atom stereocenters. The van der Waals surface area contributed by atoms with Crippen LogP contribution in [-0.4, -0.2) is 28.6 Å². The lowest BCUT2D eigenvalue weighted by Crippen LogP contribution is -2.31. The molecule has 0 fully saturated rings. The predicted octanol–water partition coefficient (Wildman–Crippen LogP) is 3.56. The van der Waals surface area contributed by atoms with Crippen LogP contribution in [0.4, 0.5) is 0 Å². The molecule has 0 aliphatic carbocycles. The summed E-state index contributed by atoms with van der Waals surface area (Å²) in [5.41, 5.74) is 1.84. The Morgan fingerprint density at radius 2 is 1.61 bits per heavy atom. The van der Waals surface area contributed by atoms with E-state index in [1.165, 1.54) is 6.92 Å². The maximum Gasteiger partial charge on any atom is 0.341 e. The summed E-state index contributed by atoms with van der Waals surface area (Å²) in [4.78, 5) is 50.8. The van der Waals surface area contributed by atoms with E-state index in [1.54, 1.807) is 57.2 Å². The molecule has 7 nitrogen and oxygen atoms in total. The topological polar surface area (TPSA) is 93.9 Å². The second kappa shape index (κ2) is 7.50. The number of hydrogen-bond acceptors (Lipinski definition) is 6. The molecule has 0 saturated heterocycles. The molecule has 0 N–H and O–H groups in total. The summed E-state index contributed by atoms with van der Waals surface area (Å²) in [5.74, 6) is -0.533. The lowest BCUT2D eigenvalue weighted by molar-refractivity contribution is -0.122. The molecule has 0 spiro atoms. The van der Waals surface area contributed by atoms with Crippen molar-refractivity contribution in [2.24, 2.45) is 0 Å². The predicted molar refractivity (Wildman–Crippen MR) is 113 cm³/mol. The van der Waals surface area contributed by atoms with Crippen LogP contribution in [-0.2, 0) is 11.3 Å². The highest BCUT2D eigenvalue weighted by atomic mass is 16.5. The number of aryl methyl sites for hydroxylation is 2. The zero-order valence-corrected chi connectivity index (χ0v) is 17.6. The Morgan fingerprint density at radius 3 is 2.19 bits per heavy atom. The number of imide groups is 1. The first-order valence-electron chi connectivity index (χ1n) is 9.89. The lowest BCUT2D eigenvalue weighted by Gasteiger charge is -2.18. The van der Waals surface area contributed by atoms with Gasteiger partial charge in [-0.15, -0.1) is 0 Å². The van der Waals surface area contributed by atoms with E-state index in [-0.39, 0.29) is 17.9 Å². The van der Waals surface area contributed by atoms with Crippen molar-refractivity contribution < 1.29 is 23.5 Å². The normalized spacial score (nSPS) is 14.1. The van der Waals surface area contributed by atoms with Crippen molar-refractivity contribution in [2.45, 2.75) is 40.3 Å². The Labute approximate surface area is 178 Å². The number of amides is 2. The van der Waals surface area contributed by atoms with Gasteiger partial charge in [0.2, 0.25) is 0 Å². The molecule has 2 aromatic carbocycles. The van der Waals surface area contributed by atoms with Gasteiger partial charge in [0.1, 0.15) is 11.3 Å². The van der Waals surface area contributed by atoms with Crippen molar-refractivity contribution in [3.63, 3.8) is 0 Å². The summed E-state index contributed by atoms with van der Waals surface area (Å²) in [5, 5.41) is 0.673. The van der Waals surface area contributed by atoms with E-state index in [0.29, 0.717) is 39.0 Å². The molecule has 2 amide bonds. The Morgan fingerprint density at radius 1 is 1.00 bits per heavy atom. The number of fused-ring (bicyclic) bond motifs is 2. The molecular weight excluding hydrogens is 398 g/mol. The van der Waals surface area contributed by atoms with Crippen LogP contribution in [0.1, 0.15) is 51.3 Å². The van der Waals surface area contributed by atoms with Gasteiger partial charge in [0.25, 0.3) is 11.8 Å². The molecule has 3 aromatic rings. The maximum atomic E-state index is 12.8. The van der Waals surface area contributed by atoms with E-state index in [9.17, 15) is 19.2 Å². The molecule has 7 heteroatoms. The van der Waals surface area contributed by atoms with Crippen molar-refractivity contribution in [3.05, 3.63) is 74.6 Å². The summed E-state index contributed by atoms with van der Waals surface area (Å²) in [6, 6.07) is 10.0. The van der Waals surface area contributed by atoms with Crippen LogP contribution in [0.2, 0.25) is 0 Å². The molecule has 31 heavy (non-hydrogen) atoms. The fourth-order valence-corrected chi connectivity index (χ4v) is 3.70. The standard InChI is InChI=1S/C24H21NO6/c1-12-16-9-10-20(30-15(4)14(3)26)13(2)21(16)31-24(29)19(12)11-25-22(27)17-7-5-6-8-18(17)23(25)28/h5-10,15H,11H2,1-4H3. The first kappa shape index (κ1) is 20.5. The smallest absolute Gasteiger partial charge is 0.341 e. The zero-order valence-electron chi connectivity index (χ0n) is 17.6. The van der Waals surface area contributed by atoms with Crippen LogP contribution in [0.3, 0.4) is 0 Å². The van der Waals surface area contributed by atoms with E-state index in [4.69, 9.17) is 9.15 Å². The number of ether oxygens (including phenoxy) is 1. The first-order valence-corrected chi connectivity index (χ1v) is 9.89. The van der Waals surface area contributed by atoms with Crippen LogP contribution < -0.4 is 10.4 Å². The SMILES string of the molecule is CC(=O)C(C)Oc1ccc2c(C)c(CN3C(=O)c4ccccc4C3=O)c(=O)oc2c1C. The average Bonchev–Trinajstić information content (AvgIpc) is 2.98. The number of Topliss-reactive ketones (excluding diaryl/α,β-unsaturated/α-hetero) is 1. The Balaban J connectivity index is 1.74. The van der Waals surface area contributed by atoms with Gasteiger partial charge in [-0.1, -0.05) is 12.1 Å². The van der Waals surface area contributed by atoms with E-state index < -0.39 is 23.5 Å². The van der Waals surface area contributed by atoms with E-state index in [1.807, 2.05) is 0 Å². The van der Waals surface area contributed by atoms with Crippen LogP contribution in [0, 0.1) is 13.8 Å². The molecule has 2 heterocycles. The van der Waals surface area contributed by atoms with Crippen LogP contribution in [0.15, 0.2) is 45.6 Å². The number of ketones is 1. The van der Waals surface area contributed by atoms with E-state index in [0.717, 1.165) is 4.90 Å². The third-order valence-corrected chi connectivity index (χ3v) is 5.72. The number of carbonyl (C=O) groups is 3. The molecule has 0 saturated carbocycles. The van der Waals surface area contributed by atoms with Gasteiger partial charge in [0.15, 0.2) is 11.9 Å². The Kier molecular flexibility index (Phi) is 4.97. The number of rotatable bonds is 5. The fraction of sp³-hybridized carbons (Fsp3) is 0.250. The molecule has 158 valence electrons. The minimum atomic E-state index is -0.628. The van der Waals surface area contributed by atoms with E-state index >= 15 is 0 Å². The molecule has 1 aliphatic heterocycles. The molecule has 1 aromatic heterocycles. The van der Waals surface area contributed by atoms with Gasteiger partial charge in [0.05, 0.1) is 23.2 Å². The highest BCUT2D eigenvalue weighted by molar-refractivity contribution is 6.21. The van der Waals surface area contributed by atoms with Crippen molar-refractivity contribution in [1.82, 2.24) is 4.90 Å². The molecular formula is C24H21NO6. The van der Waals surface area contributed by atoms with Gasteiger partial charge in [-0.3, -0.25) is 19.3 Å². The fourth-order valence-electron chi connectivity index (χ4n) is 3.70. The van der Waals surface area contributed by atoms with Gasteiger partial charge >= 0.3 is 5.63 Å². The Hall–Kier alpha value is -3.74. The highest BCUT2D eigenvalue weighted by Gasteiger charge is 2.36. The first-order chi connectivity index (χ1) is 14.7. The maximum absolute atomic E-state index is 12.8. The lowest BCUT2D eigenvalue weighted by atomic mass is 10.0. The van der Waals surface area contributed by atoms with Crippen LogP contribution >= 0.6 is 0 Å².